The van der Waals surface area contributed by atoms with Crippen LogP contribution in [0.4, 0.5) is 19.1 Å². The van der Waals surface area contributed by atoms with E-state index < -0.39 is 23.8 Å². The number of nitrogens with one attached hydrogen (secondary N) is 1. The second kappa shape index (κ2) is 8.11. The molecule has 2 aliphatic rings. The lowest BCUT2D eigenvalue weighted by Crippen LogP contribution is -2.42. The number of nitrogens with zero attached hydrogens (tertiary/aromatic N) is 4. The lowest BCUT2D eigenvalue weighted by atomic mass is 10.1. The number of aromatic nitrogens is 4. The van der Waals surface area contributed by atoms with Crippen molar-refractivity contribution in [3.05, 3.63) is 35.0 Å². The zero-order chi connectivity index (χ0) is 23.5. The molecule has 0 spiro atoms. The first-order chi connectivity index (χ1) is 15.7. The summed E-state index contributed by atoms with van der Waals surface area (Å²) in [7, 11) is 0. The third kappa shape index (κ3) is 4.04. The molecule has 176 valence electrons. The fourth-order valence-electron chi connectivity index (χ4n) is 4.29. The van der Waals surface area contributed by atoms with Gasteiger partial charge in [-0.15, -0.1) is 0 Å². The van der Waals surface area contributed by atoms with Gasteiger partial charge >= 0.3 is 0 Å². The molecule has 2 aromatic heterocycles. The van der Waals surface area contributed by atoms with Crippen LogP contribution in [0, 0.1) is 5.82 Å². The Hall–Kier alpha value is -2.43. The third-order valence-corrected chi connectivity index (χ3v) is 6.36. The van der Waals surface area contributed by atoms with E-state index >= 15 is 4.39 Å². The van der Waals surface area contributed by atoms with E-state index in [0.29, 0.717) is 24.1 Å². The van der Waals surface area contributed by atoms with Crippen LogP contribution in [-0.4, -0.2) is 55.9 Å². The van der Waals surface area contributed by atoms with Crippen molar-refractivity contribution in [2.45, 2.75) is 56.7 Å². The van der Waals surface area contributed by atoms with Gasteiger partial charge in [-0.1, -0.05) is 11.6 Å². The summed E-state index contributed by atoms with van der Waals surface area (Å²) in [5.74, 6) is -4.06. The molecular formula is C22H23ClF3N5O2. The van der Waals surface area contributed by atoms with Gasteiger partial charge in [0.25, 0.3) is 5.92 Å². The van der Waals surface area contributed by atoms with Crippen molar-refractivity contribution < 1.29 is 23.0 Å². The second-order valence-electron chi connectivity index (χ2n) is 8.85. The molecule has 3 heterocycles. The lowest BCUT2D eigenvalue weighted by molar-refractivity contribution is -0.0136. The van der Waals surface area contributed by atoms with Gasteiger partial charge in [-0.05, 0) is 32.4 Å². The summed E-state index contributed by atoms with van der Waals surface area (Å²) in [5.41, 5.74) is 1.10. The molecule has 0 amide bonds. The average Bonchev–Trinajstić information content (AvgIpc) is 3.22. The van der Waals surface area contributed by atoms with Crippen molar-refractivity contribution in [1.29, 1.82) is 0 Å². The van der Waals surface area contributed by atoms with Crippen molar-refractivity contribution in [1.82, 2.24) is 19.5 Å². The minimum atomic E-state index is -2.82. The van der Waals surface area contributed by atoms with Crippen molar-refractivity contribution in [3.8, 4) is 11.3 Å². The molecule has 7 nitrogen and oxygen atoms in total. The van der Waals surface area contributed by atoms with Crippen LogP contribution in [0.2, 0.25) is 5.02 Å². The lowest BCUT2D eigenvalue weighted by Gasteiger charge is -2.28. The molecule has 2 fully saturated rings. The molecule has 3 aromatic rings. The first-order valence-electron chi connectivity index (χ1n) is 10.8. The number of hydrogen-bond acceptors (Lipinski definition) is 6. The number of alkyl halides is 2. The van der Waals surface area contributed by atoms with Gasteiger partial charge in [0.2, 0.25) is 5.95 Å². The largest absolute Gasteiger partial charge is 0.389 e. The normalized spacial score (nSPS) is 24.4. The minimum absolute atomic E-state index is 0.0407. The maximum absolute atomic E-state index is 15.1. The molecule has 5 rings (SSSR count). The number of anilines is 1. The van der Waals surface area contributed by atoms with Crippen LogP contribution in [0.3, 0.4) is 0 Å². The number of benzene rings is 1. The molecule has 2 N–H and O–H groups in total. The highest BCUT2D eigenvalue weighted by atomic mass is 35.5. The predicted molar refractivity (Wildman–Crippen MR) is 117 cm³/mol. The number of aliphatic hydroxyl groups is 1. The molecule has 0 unspecified atom stereocenters. The van der Waals surface area contributed by atoms with E-state index in [1.807, 2.05) is 13.8 Å². The van der Waals surface area contributed by atoms with Crippen molar-refractivity contribution in [2.24, 2.45) is 0 Å². The number of ether oxygens (including phenoxy) is 1. The zero-order valence-corrected chi connectivity index (χ0v) is 18.8. The van der Waals surface area contributed by atoms with E-state index in [2.05, 4.69) is 20.3 Å². The highest BCUT2D eigenvalue weighted by Crippen LogP contribution is 2.56. The van der Waals surface area contributed by atoms with Crippen LogP contribution in [0.1, 0.15) is 44.5 Å². The molecule has 1 aliphatic heterocycles. The van der Waals surface area contributed by atoms with Crippen LogP contribution in [-0.2, 0) is 4.74 Å². The van der Waals surface area contributed by atoms with Crippen molar-refractivity contribution in [2.75, 3.05) is 18.5 Å². The molecule has 1 aliphatic carbocycles. The topological polar surface area (TPSA) is 85.1 Å². The van der Waals surface area contributed by atoms with Gasteiger partial charge in [0.1, 0.15) is 11.3 Å². The summed E-state index contributed by atoms with van der Waals surface area (Å²) < 4.78 is 49.6. The highest BCUT2D eigenvalue weighted by molar-refractivity contribution is 6.33. The van der Waals surface area contributed by atoms with Crippen molar-refractivity contribution in [3.63, 3.8) is 0 Å². The van der Waals surface area contributed by atoms with Crippen LogP contribution < -0.4 is 5.32 Å². The molecule has 1 saturated carbocycles. The molecule has 0 bridgehead atoms. The molecule has 11 heteroatoms. The van der Waals surface area contributed by atoms with Gasteiger partial charge in [0, 0.05) is 24.6 Å². The highest BCUT2D eigenvalue weighted by Gasteiger charge is 2.60. The maximum atomic E-state index is 15.1. The van der Waals surface area contributed by atoms with Crippen LogP contribution in [0.15, 0.2) is 18.3 Å². The smallest absolute Gasteiger partial charge is 0.259 e. The Balaban J connectivity index is 1.57. The number of rotatable bonds is 5. The monoisotopic (exact) mass is 481 g/mol. The van der Waals surface area contributed by atoms with Gasteiger partial charge in [-0.3, -0.25) is 0 Å². The molecule has 1 saturated heterocycles. The molecule has 33 heavy (non-hydrogen) atoms. The second-order valence-corrected chi connectivity index (χ2v) is 9.26. The quantitative estimate of drug-likeness (QED) is 0.556. The fraction of sp³-hybridized carbons (Fsp3) is 0.500. The van der Waals surface area contributed by atoms with Crippen LogP contribution in [0.5, 0.6) is 0 Å². The molecule has 0 radical (unpaired) electrons. The Labute approximate surface area is 193 Å². The summed E-state index contributed by atoms with van der Waals surface area (Å²) >= 11 is 6.34. The van der Waals surface area contributed by atoms with E-state index in [9.17, 15) is 13.9 Å². The number of imidazole rings is 1. The van der Waals surface area contributed by atoms with Gasteiger partial charge < -0.3 is 19.7 Å². The van der Waals surface area contributed by atoms with Crippen LogP contribution in [0.25, 0.3) is 22.3 Å². The minimum Gasteiger partial charge on any atom is -0.389 e. The molecular weight excluding hydrogens is 459 g/mol. The number of hydrogen-bond donors (Lipinski definition) is 2. The average molecular weight is 482 g/mol. The number of fused-ring (bicyclic) bond motifs is 1. The Morgan fingerprint density at radius 3 is 2.73 bits per heavy atom. The first-order valence-corrected chi connectivity index (χ1v) is 11.2. The first kappa shape index (κ1) is 22.4. The van der Waals surface area contributed by atoms with Crippen LogP contribution >= 0.6 is 11.6 Å². The molecule has 3 atom stereocenters. The van der Waals surface area contributed by atoms with Gasteiger partial charge in [0.15, 0.2) is 5.82 Å². The van der Waals surface area contributed by atoms with Crippen molar-refractivity contribution >= 4 is 28.6 Å². The van der Waals surface area contributed by atoms with Gasteiger partial charge in [-0.2, -0.15) is 0 Å². The van der Waals surface area contributed by atoms with Gasteiger partial charge in [0.05, 0.1) is 47.1 Å². The van der Waals surface area contributed by atoms with Gasteiger partial charge in [-0.25, -0.2) is 28.1 Å². The Bertz CT molecular complexity index is 1220. The Morgan fingerprint density at radius 1 is 1.30 bits per heavy atom. The third-order valence-electron chi connectivity index (χ3n) is 6.09. The summed E-state index contributed by atoms with van der Waals surface area (Å²) in [6.07, 6.45) is 0.971. The van der Waals surface area contributed by atoms with E-state index in [1.165, 1.54) is 12.3 Å². The standard InChI is InChI=1S/C22H23ClF3N5O2/c1-10(2)31-16-6-11(5-14(24)19(16)29-20(31)12-7-22(12,25)26)18-13(23)8-27-21(30-18)28-15-3-4-33-9-17(15)32/h5-6,8,10,12,15,17,32H,3-4,7,9H2,1-2H3,(H,27,28,30)/t12-,15+,17+/m0/s1. The Morgan fingerprint density at radius 2 is 2.06 bits per heavy atom. The summed E-state index contributed by atoms with van der Waals surface area (Å²) in [6, 6.07) is 2.41. The fourth-order valence-corrected chi connectivity index (χ4v) is 4.49. The maximum Gasteiger partial charge on any atom is 0.259 e. The van der Waals surface area contributed by atoms with E-state index in [-0.39, 0.29) is 53.1 Å². The van der Waals surface area contributed by atoms with E-state index in [0.717, 1.165) is 0 Å². The number of halogens is 4. The van der Waals surface area contributed by atoms with E-state index in [1.54, 1.807) is 10.6 Å². The summed E-state index contributed by atoms with van der Waals surface area (Å²) in [4.78, 5) is 12.9. The number of aliphatic hydroxyl groups excluding tert-OH is 1. The zero-order valence-electron chi connectivity index (χ0n) is 18.0. The molecule has 1 aromatic carbocycles. The predicted octanol–water partition coefficient (Wildman–Crippen LogP) is 4.55. The summed E-state index contributed by atoms with van der Waals surface area (Å²) in [5, 5.41) is 13.4. The van der Waals surface area contributed by atoms with E-state index in [4.69, 9.17) is 16.3 Å². The summed E-state index contributed by atoms with van der Waals surface area (Å²) in [6.45, 7) is 4.39. The SMILES string of the molecule is CC(C)n1c([C@@H]2CC2(F)F)nc2c(F)cc(-c3nc(N[C@@H]4CCOC[C@H]4O)ncc3Cl)cc21. The Kier molecular flexibility index (Phi) is 5.49.